The van der Waals surface area contributed by atoms with Gasteiger partial charge in [-0.1, -0.05) is 0 Å². The van der Waals surface area contributed by atoms with E-state index in [2.05, 4.69) is 21.3 Å². The van der Waals surface area contributed by atoms with Crippen molar-refractivity contribution in [3.8, 4) is 0 Å². The van der Waals surface area contributed by atoms with Gasteiger partial charge >= 0.3 is 0 Å². The van der Waals surface area contributed by atoms with Gasteiger partial charge in [-0.25, -0.2) is 4.98 Å². The molecular formula is C14H19N5O. The van der Waals surface area contributed by atoms with Crippen LogP contribution in [-0.2, 0) is 0 Å². The zero-order valence-corrected chi connectivity index (χ0v) is 11.6. The molecule has 2 saturated heterocycles. The third kappa shape index (κ3) is 1.87. The van der Waals surface area contributed by atoms with Crippen molar-refractivity contribution < 1.29 is 5.11 Å². The smallest absolute Gasteiger partial charge is 0.157 e. The lowest BCUT2D eigenvalue weighted by atomic mass is 10.1. The fourth-order valence-electron chi connectivity index (χ4n) is 3.07. The molecule has 2 aromatic heterocycles. The standard InChI is InChI=1S/C14H19N5O/c1-9-5-14(18-7-10(20)8-18)19-13(16-9)6-12(17-19)11-3-2-4-15-11/h5-6,10-11,15,20H,2-4,7-8H2,1H3. The summed E-state index contributed by atoms with van der Waals surface area (Å²) in [6.07, 6.45) is 2.13. The Balaban J connectivity index is 1.77. The summed E-state index contributed by atoms with van der Waals surface area (Å²) in [5.41, 5.74) is 2.95. The Labute approximate surface area is 117 Å². The van der Waals surface area contributed by atoms with Gasteiger partial charge in [0.15, 0.2) is 5.65 Å². The third-order valence-corrected chi connectivity index (χ3v) is 4.16. The average Bonchev–Trinajstić information content (AvgIpc) is 3.01. The maximum atomic E-state index is 9.50. The van der Waals surface area contributed by atoms with E-state index in [1.54, 1.807) is 0 Å². The van der Waals surface area contributed by atoms with Crippen LogP contribution < -0.4 is 10.2 Å². The Hall–Kier alpha value is -1.66. The van der Waals surface area contributed by atoms with E-state index in [4.69, 9.17) is 5.10 Å². The van der Waals surface area contributed by atoms with E-state index in [-0.39, 0.29) is 6.10 Å². The molecule has 0 saturated carbocycles. The van der Waals surface area contributed by atoms with E-state index in [9.17, 15) is 5.11 Å². The molecular weight excluding hydrogens is 254 g/mol. The van der Waals surface area contributed by atoms with Gasteiger partial charge in [-0.3, -0.25) is 0 Å². The van der Waals surface area contributed by atoms with Crippen LogP contribution >= 0.6 is 0 Å². The average molecular weight is 273 g/mol. The summed E-state index contributed by atoms with van der Waals surface area (Å²) in [6.45, 7) is 4.42. The summed E-state index contributed by atoms with van der Waals surface area (Å²) < 4.78 is 1.91. The van der Waals surface area contributed by atoms with E-state index in [0.29, 0.717) is 19.1 Å². The van der Waals surface area contributed by atoms with Crippen molar-refractivity contribution in [1.29, 1.82) is 0 Å². The number of rotatable bonds is 2. The van der Waals surface area contributed by atoms with Gasteiger partial charge in [-0.05, 0) is 26.3 Å². The minimum absolute atomic E-state index is 0.218. The number of aliphatic hydroxyl groups is 1. The lowest BCUT2D eigenvalue weighted by Gasteiger charge is -2.37. The highest BCUT2D eigenvalue weighted by molar-refractivity contribution is 5.53. The highest BCUT2D eigenvalue weighted by Crippen LogP contribution is 2.27. The third-order valence-electron chi connectivity index (χ3n) is 4.16. The molecule has 0 aromatic carbocycles. The van der Waals surface area contributed by atoms with Crippen LogP contribution in [0.25, 0.3) is 5.65 Å². The van der Waals surface area contributed by atoms with Gasteiger partial charge in [0.2, 0.25) is 0 Å². The fraction of sp³-hybridized carbons (Fsp3) is 0.571. The second-order valence-corrected chi connectivity index (χ2v) is 5.80. The highest BCUT2D eigenvalue weighted by Gasteiger charge is 2.28. The normalized spacial score (nSPS) is 23.5. The van der Waals surface area contributed by atoms with Crippen LogP contribution in [0.1, 0.15) is 30.3 Å². The Kier molecular flexibility index (Phi) is 2.68. The van der Waals surface area contributed by atoms with Crippen LogP contribution in [0.4, 0.5) is 5.82 Å². The molecule has 0 radical (unpaired) electrons. The molecule has 2 aliphatic rings. The number of anilines is 1. The first kappa shape index (κ1) is 12.1. The number of fused-ring (bicyclic) bond motifs is 1. The molecule has 0 amide bonds. The Morgan fingerprint density at radius 1 is 1.35 bits per heavy atom. The molecule has 4 heterocycles. The van der Waals surface area contributed by atoms with Crippen molar-refractivity contribution in [2.24, 2.45) is 0 Å². The molecule has 2 aliphatic heterocycles. The summed E-state index contributed by atoms with van der Waals surface area (Å²) in [5, 5.41) is 17.7. The first-order chi connectivity index (χ1) is 9.70. The van der Waals surface area contributed by atoms with E-state index >= 15 is 0 Å². The Morgan fingerprint density at radius 3 is 2.90 bits per heavy atom. The Morgan fingerprint density at radius 2 is 2.20 bits per heavy atom. The first-order valence-corrected chi connectivity index (χ1v) is 7.24. The van der Waals surface area contributed by atoms with E-state index in [1.807, 2.05) is 17.5 Å². The van der Waals surface area contributed by atoms with E-state index in [1.165, 1.54) is 6.42 Å². The van der Waals surface area contributed by atoms with Gasteiger partial charge in [-0.15, -0.1) is 0 Å². The van der Waals surface area contributed by atoms with Gasteiger partial charge < -0.3 is 15.3 Å². The first-order valence-electron chi connectivity index (χ1n) is 7.24. The molecule has 2 N–H and O–H groups in total. The highest BCUT2D eigenvalue weighted by atomic mass is 16.3. The van der Waals surface area contributed by atoms with Gasteiger partial charge in [-0.2, -0.15) is 9.61 Å². The second-order valence-electron chi connectivity index (χ2n) is 5.80. The lowest BCUT2D eigenvalue weighted by molar-refractivity contribution is 0.141. The van der Waals surface area contributed by atoms with Crippen molar-refractivity contribution in [3.63, 3.8) is 0 Å². The van der Waals surface area contributed by atoms with Crippen molar-refractivity contribution in [2.45, 2.75) is 31.9 Å². The maximum Gasteiger partial charge on any atom is 0.157 e. The molecule has 20 heavy (non-hydrogen) atoms. The summed E-state index contributed by atoms with van der Waals surface area (Å²) in [5.74, 6) is 1.03. The number of aryl methyl sites for hydroxylation is 1. The van der Waals surface area contributed by atoms with Gasteiger partial charge in [0.05, 0.1) is 17.8 Å². The van der Waals surface area contributed by atoms with Crippen molar-refractivity contribution in [2.75, 3.05) is 24.5 Å². The number of aliphatic hydroxyl groups excluding tert-OH is 1. The predicted molar refractivity (Wildman–Crippen MR) is 75.9 cm³/mol. The molecule has 0 spiro atoms. The van der Waals surface area contributed by atoms with Crippen molar-refractivity contribution in [1.82, 2.24) is 19.9 Å². The van der Waals surface area contributed by atoms with Crippen molar-refractivity contribution in [3.05, 3.63) is 23.5 Å². The molecule has 4 rings (SSSR count). The molecule has 1 unspecified atom stereocenters. The predicted octanol–water partition coefficient (Wildman–Crippen LogP) is 0.643. The lowest BCUT2D eigenvalue weighted by Crippen LogP contribution is -2.51. The summed E-state index contributed by atoms with van der Waals surface area (Å²) in [7, 11) is 0. The number of β-amino-alcohol motifs (C(OH)–C–C–N with tert-alkyl or cyclic N) is 1. The van der Waals surface area contributed by atoms with Crippen LogP contribution in [0.15, 0.2) is 12.1 Å². The maximum absolute atomic E-state index is 9.50. The number of nitrogens with one attached hydrogen (secondary N) is 1. The number of aromatic nitrogens is 3. The molecule has 1 atom stereocenters. The van der Waals surface area contributed by atoms with Crippen LogP contribution in [0.2, 0.25) is 0 Å². The zero-order chi connectivity index (χ0) is 13.7. The quantitative estimate of drug-likeness (QED) is 0.841. The topological polar surface area (TPSA) is 65.7 Å². The Bertz CT molecular complexity index is 640. The van der Waals surface area contributed by atoms with Crippen LogP contribution in [-0.4, -0.2) is 45.4 Å². The minimum atomic E-state index is -0.218. The van der Waals surface area contributed by atoms with Gasteiger partial charge in [0, 0.05) is 30.9 Å². The molecule has 6 nitrogen and oxygen atoms in total. The number of hydrogen-bond acceptors (Lipinski definition) is 5. The summed E-state index contributed by atoms with van der Waals surface area (Å²) >= 11 is 0. The minimum Gasteiger partial charge on any atom is -0.389 e. The molecule has 6 heteroatoms. The summed E-state index contributed by atoms with van der Waals surface area (Å²) in [6, 6.07) is 4.47. The number of hydrogen-bond donors (Lipinski definition) is 2. The van der Waals surface area contributed by atoms with Crippen LogP contribution in [0.3, 0.4) is 0 Å². The van der Waals surface area contributed by atoms with Gasteiger partial charge in [0.1, 0.15) is 5.82 Å². The molecule has 2 fully saturated rings. The van der Waals surface area contributed by atoms with E-state index < -0.39 is 0 Å². The fourth-order valence-corrected chi connectivity index (χ4v) is 3.07. The SMILES string of the molecule is Cc1cc(N2CC(O)C2)n2nc(C3CCCN3)cc2n1. The number of nitrogens with zero attached hydrogens (tertiary/aromatic N) is 4. The molecule has 2 aromatic rings. The largest absolute Gasteiger partial charge is 0.389 e. The summed E-state index contributed by atoms with van der Waals surface area (Å²) in [4.78, 5) is 6.72. The second kappa shape index (κ2) is 4.43. The van der Waals surface area contributed by atoms with Crippen LogP contribution in [0.5, 0.6) is 0 Å². The van der Waals surface area contributed by atoms with E-state index in [0.717, 1.165) is 35.8 Å². The monoisotopic (exact) mass is 273 g/mol. The van der Waals surface area contributed by atoms with Crippen LogP contribution in [0, 0.1) is 6.92 Å². The zero-order valence-electron chi connectivity index (χ0n) is 11.6. The van der Waals surface area contributed by atoms with Crippen molar-refractivity contribution >= 4 is 11.5 Å². The van der Waals surface area contributed by atoms with Gasteiger partial charge in [0.25, 0.3) is 0 Å². The molecule has 106 valence electrons. The molecule has 0 bridgehead atoms. The molecule has 0 aliphatic carbocycles.